The highest BCUT2D eigenvalue weighted by molar-refractivity contribution is 7.80. The zero-order valence-electron chi connectivity index (χ0n) is 7.41. The normalized spacial score (nSPS) is 11.8. The van der Waals surface area contributed by atoms with E-state index in [2.05, 4.69) is 30.6 Å². The number of hydrogen-bond donors (Lipinski definition) is 1. The van der Waals surface area contributed by atoms with Crippen LogP contribution in [-0.2, 0) is 0 Å². The van der Waals surface area contributed by atoms with Gasteiger partial charge in [-0.2, -0.15) is 0 Å². The van der Waals surface area contributed by atoms with Crippen molar-refractivity contribution in [1.82, 2.24) is 4.98 Å². The van der Waals surface area contributed by atoms with Gasteiger partial charge in [0.25, 0.3) is 0 Å². The van der Waals surface area contributed by atoms with Gasteiger partial charge in [-0.25, -0.2) is 4.98 Å². The summed E-state index contributed by atoms with van der Waals surface area (Å²) < 4.78 is 0. The van der Waals surface area contributed by atoms with Gasteiger partial charge in [-0.15, -0.1) is 12.6 Å². The Balaban J connectivity index is 3.10. The third-order valence-electron chi connectivity index (χ3n) is 1.86. The van der Waals surface area contributed by atoms with Crippen LogP contribution in [-0.4, -0.2) is 4.98 Å². The highest BCUT2D eigenvalue weighted by Gasteiger charge is 2.01. The molecule has 0 aliphatic carbocycles. The first-order chi connectivity index (χ1) is 5.79. The molecule has 0 bridgehead atoms. The first-order valence-electron chi connectivity index (χ1n) is 4.09. The van der Waals surface area contributed by atoms with Crippen molar-refractivity contribution in [2.45, 2.75) is 25.3 Å². The Morgan fingerprint density at radius 3 is 2.92 bits per heavy atom. The highest BCUT2D eigenvalue weighted by Crippen LogP contribution is 2.22. The van der Waals surface area contributed by atoms with Gasteiger partial charge in [-0.05, 0) is 25.0 Å². The van der Waals surface area contributed by atoms with Crippen molar-refractivity contribution < 1.29 is 0 Å². The van der Waals surface area contributed by atoms with Crippen LogP contribution in [0.25, 0.3) is 5.57 Å². The van der Waals surface area contributed by atoms with E-state index in [0.717, 1.165) is 17.0 Å². The minimum absolute atomic E-state index is 0.812. The lowest BCUT2D eigenvalue weighted by molar-refractivity contribution is 1.10. The lowest BCUT2D eigenvalue weighted by atomic mass is 10.1. The van der Waals surface area contributed by atoms with Crippen molar-refractivity contribution in [3.8, 4) is 0 Å². The molecular weight excluding hydrogens is 166 g/mol. The molecule has 0 radical (unpaired) electrons. The molecule has 0 atom stereocenters. The van der Waals surface area contributed by atoms with Gasteiger partial charge in [-0.1, -0.05) is 19.1 Å². The maximum Gasteiger partial charge on any atom is 0.100 e. The third-order valence-corrected chi connectivity index (χ3v) is 2.22. The van der Waals surface area contributed by atoms with Gasteiger partial charge < -0.3 is 0 Å². The van der Waals surface area contributed by atoms with Crippen LogP contribution in [0.3, 0.4) is 0 Å². The summed E-state index contributed by atoms with van der Waals surface area (Å²) in [5.74, 6) is 0. The summed E-state index contributed by atoms with van der Waals surface area (Å²) in [5, 5.41) is 0.812. The van der Waals surface area contributed by atoms with Crippen molar-refractivity contribution in [2.75, 3.05) is 0 Å². The molecule has 1 aromatic heterocycles. The van der Waals surface area contributed by atoms with Crippen molar-refractivity contribution in [3.63, 3.8) is 0 Å². The molecule has 1 heterocycles. The maximum absolute atomic E-state index is 4.29. The van der Waals surface area contributed by atoms with Gasteiger partial charge in [0.15, 0.2) is 0 Å². The zero-order chi connectivity index (χ0) is 8.97. The molecule has 0 unspecified atom stereocenters. The van der Waals surface area contributed by atoms with E-state index in [-0.39, 0.29) is 0 Å². The summed E-state index contributed by atoms with van der Waals surface area (Å²) in [6.45, 7) is 4.18. The summed E-state index contributed by atoms with van der Waals surface area (Å²) in [6, 6.07) is 3.99. The van der Waals surface area contributed by atoms with Gasteiger partial charge in [0.1, 0.15) is 5.03 Å². The zero-order valence-corrected chi connectivity index (χ0v) is 8.31. The minimum Gasteiger partial charge on any atom is -0.250 e. The van der Waals surface area contributed by atoms with Crippen LogP contribution in [0.15, 0.2) is 29.4 Å². The summed E-state index contributed by atoms with van der Waals surface area (Å²) >= 11 is 4.29. The number of pyridine rings is 1. The quantitative estimate of drug-likeness (QED) is 0.688. The van der Waals surface area contributed by atoms with Crippen LogP contribution in [0.4, 0.5) is 0 Å². The van der Waals surface area contributed by atoms with Crippen molar-refractivity contribution >= 4 is 18.2 Å². The Hall–Kier alpha value is -0.760. The number of nitrogens with zero attached hydrogens (tertiary/aromatic N) is 1. The second-order valence-electron chi connectivity index (χ2n) is 2.54. The van der Waals surface area contributed by atoms with E-state index in [0.29, 0.717) is 0 Å². The first-order valence-corrected chi connectivity index (χ1v) is 4.53. The molecule has 0 aliphatic rings. The first kappa shape index (κ1) is 9.33. The number of aromatic nitrogens is 1. The second kappa shape index (κ2) is 4.31. The molecule has 0 saturated carbocycles. The van der Waals surface area contributed by atoms with Crippen molar-refractivity contribution in [1.29, 1.82) is 0 Å². The molecule has 1 nitrogen and oxygen atoms in total. The van der Waals surface area contributed by atoms with E-state index in [1.807, 2.05) is 19.1 Å². The van der Waals surface area contributed by atoms with E-state index in [1.54, 1.807) is 6.20 Å². The molecule has 0 aliphatic heterocycles. The third kappa shape index (κ3) is 1.89. The smallest absolute Gasteiger partial charge is 0.100 e. The standard InChI is InChI=1S/C10H13NS/c1-3-8(4-2)9-6-5-7-11-10(9)12/h3,5-7H,4H2,1-2H3,(H,11,12)/b8-3-. The van der Waals surface area contributed by atoms with Crippen LogP contribution >= 0.6 is 12.6 Å². The molecule has 2 heteroatoms. The fraction of sp³-hybridized carbons (Fsp3) is 0.300. The molecule has 0 aromatic carbocycles. The van der Waals surface area contributed by atoms with Gasteiger partial charge in [0.05, 0.1) is 0 Å². The van der Waals surface area contributed by atoms with Crippen molar-refractivity contribution in [3.05, 3.63) is 30.0 Å². The lowest BCUT2D eigenvalue weighted by Gasteiger charge is -2.05. The fourth-order valence-corrected chi connectivity index (χ4v) is 1.48. The largest absolute Gasteiger partial charge is 0.250 e. The molecule has 1 rings (SSSR count). The predicted molar refractivity (Wildman–Crippen MR) is 55.4 cm³/mol. The number of hydrogen-bond acceptors (Lipinski definition) is 2. The Morgan fingerprint density at radius 2 is 2.42 bits per heavy atom. The molecule has 12 heavy (non-hydrogen) atoms. The molecule has 0 amide bonds. The van der Waals surface area contributed by atoms with E-state index in [1.165, 1.54) is 5.57 Å². The fourth-order valence-electron chi connectivity index (χ4n) is 1.20. The number of rotatable bonds is 2. The Labute approximate surface area is 78.9 Å². The summed E-state index contributed by atoms with van der Waals surface area (Å²) in [7, 11) is 0. The Kier molecular flexibility index (Phi) is 3.35. The molecule has 0 spiro atoms. The van der Waals surface area contributed by atoms with Crippen LogP contribution < -0.4 is 0 Å². The summed E-state index contributed by atoms with van der Waals surface area (Å²) in [5.41, 5.74) is 2.44. The highest BCUT2D eigenvalue weighted by atomic mass is 32.1. The second-order valence-corrected chi connectivity index (χ2v) is 2.97. The molecule has 0 fully saturated rings. The van der Waals surface area contributed by atoms with Gasteiger partial charge in [0.2, 0.25) is 0 Å². The van der Waals surface area contributed by atoms with Crippen molar-refractivity contribution in [2.24, 2.45) is 0 Å². The molecule has 1 aromatic rings. The Bertz CT molecular complexity index is 292. The molecule has 64 valence electrons. The number of allylic oxidation sites excluding steroid dienone is 2. The van der Waals surface area contributed by atoms with Gasteiger partial charge in [0, 0.05) is 11.8 Å². The predicted octanol–water partition coefficient (Wildman–Crippen LogP) is 3.18. The SMILES string of the molecule is C/C=C(/CC)c1cccnc1S. The van der Waals surface area contributed by atoms with E-state index in [9.17, 15) is 0 Å². The minimum atomic E-state index is 0.812. The van der Waals surface area contributed by atoms with Crippen LogP contribution in [0.1, 0.15) is 25.8 Å². The number of thiol groups is 1. The average Bonchev–Trinajstić information content (AvgIpc) is 2.10. The lowest BCUT2D eigenvalue weighted by Crippen LogP contribution is -1.87. The summed E-state index contributed by atoms with van der Waals surface area (Å²) in [6.07, 6.45) is 4.89. The van der Waals surface area contributed by atoms with Gasteiger partial charge >= 0.3 is 0 Å². The van der Waals surface area contributed by atoms with E-state index >= 15 is 0 Å². The average molecular weight is 179 g/mol. The van der Waals surface area contributed by atoms with E-state index < -0.39 is 0 Å². The van der Waals surface area contributed by atoms with Crippen LogP contribution in [0.5, 0.6) is 0 Å². The topological polar surface area (TPSA) is 12.9 Å². The molecule has 0 N–H and O–H groups in total. The van der Waals surface area contributed by atoms with Crippen LogP contribution in [0, 0.1) is 0 Å². The monoisotopic (exact) mass is 179 g/mol. The molecule has 0 saturated heterocycles. The summed E-state index contributed by atoms with van der Waals surface area (Å²) in [4.78, 5) is 4.12. The maximum atomic E-state index is 4.29. The van der Waals surface area contributed by atoms with Crippen LogP contribution in [0.2, 0.25) is 0 Å². The Morgan fingerprint density at radius 1 is 1.67 bits per heavy atom. The molecular formula is C10H13NS. The van der Waals surface area contributed by atoms with E-state index in [4.69, 9.17) is 0 Å². The van der Waals surface area contributed by atoms with Gasteiger partial charge in [-0.3, -0.25) is 0 Å².